The lowest BCUT2D eigenvalue weighted by atomic mass is 10.2. The van der Waals surface area contributed by atoms with Crippen LogP contribution in [0.3, 0.4) is 0 Å². The topological polar surface area (TPSA) is 74.7 Å². The predicted molar refractivity (Wildman–Crippen MR) is 86.5 cm³/mol. The van der Waals surface area contributed by atoms with Crippen LogP contribution in [0.1, 0.15) is 15.9 Å². The molecule has 2 N–H and O–H groups in total. The van der Waals surface area contributed by atoms with Crippen LogP contribution in [-0.4, -0.2) is 42.3 Å². The number of amides is 1. The van der Waals surface area contributed by atoms with Crippen molar-refractivity contribution in [2.45, 2.75) is 6.54 Å². The van der Waals surface area contributed by atoms with Gasteiger partial charge in [0.1, 0.15) is 11.6 Å². The van der Waals surface area contributed by atoms with Crippen molar-refractivity contribution in [3.8, 4) is 5.75 Å². The second-order valence-electron chi connectivity index (χ2n) is 5.33. The third-order valence-corrected chi connectivity index (χ3v) is 3.71. The first-order valence-corrected chi connectivity index (χ1v) is 7.58. The van der Waals surface area contributed by atoms with Crippen molar-refractivity contribution in [1.29, 1.82) is 0 Å². The van der Waals surface area contributed by atoms with Gasteiger partial charge in [0.15, 0.2) is 0 Å². The molecule has 0 unspecified atom stereocenters. The Hall–Kier alpha value is -2.60. The summed E-state index contributed by atoms with van der Waals surface area (Å²) in [6, 6.07) is 10.4. The number of ether oxygens (including phenoxy) is 1. The lowest BCUT2D eigenvalue weighted by Crippen LogP contribution is -2.38. The number of aromatic hydroxyl groups is 1. The minimum absolute atomic E-state index is 0.178. The van der Waals surface area contributed by atoms with Gasteiger partial charge in [0.05, 0.1) is 18.8 Å². The first-order chi connectivity index (χ1) is 11.2. The van der Waals surface area contributed by atoms with Gasteiger partial charge < -0.3 is 20.1 Å². The van der Waals surface area contributed by atoms with Crippen molar-refractivity contribution in [2.75, 3.05) is 31.2 Å². The van der Waals surface area contributed by atoms with Crippen LogP contribution < -0.4 is 10.2 Å². The van der Waals surface area contributed by atoms with E-state index in [-0.39, 0.29) is 11.7 Å². The summed E-state index contributed by atoms with van der Waals surface area (Å²) in [6.45, 7) is 3.08. The molecule has 1 fully saturated rings. The Balaban J connectivity index is 1.72. The number of carbonyl (C=O) groups is 1. The van der Waals surface area contributed by atoms with Gasteiger partial charge in [-0.1, -0.05) is 12.1 Å². The number of hydrogen-bond donors (Lipinski definition) is 2. The van der Waals surface area contributed by atoms with Crippen molar-refractivity contribution in [3.05, 3.63) is 53.7 Å². The Morgan fingerprint density at radius 1 is 1.26 bits per heavy atom. The minimum atomic E-state index is -0.178. The zero-order chi connectivity index (χ0) is 16.1. The zero-order valence-corrected chi connectivity index (χ0v) is 12.7. The fourth-order valence-corrected chi connectivity index (χ4v) is 2.55. The van der Waals surface area contributed by atoms with Crippen LogP contribution in [0.2, 0.25) is 0 Å². The fourth-order valence-electron chi connectivity index (χ4n) is 2.55. The molecule has 23 heavy (non-hydrogen) atoms. The molecule has 3 rings (SSSR count). The van der Waals surface area contributed by atoms with Crippen molar-refractivity contribution in [2.24, 2.45) is 0 Å². The summed E-state index contributed by atoms with van der Waals surface area (Å²) in [4.78, 5) is 18.9. The van der Waals surface area contributed by atoms with Crippen molar-refractivity contribution in [3.63, 3.8) is 0 Å². The van der Waals surface area contributed by atoms with Gasteiger partial charge in [0, 0.05) is 25.8 Å². The number of pyridine rings is 1. The molecule has 6 nitrogen and oxygen atoms in total. The second-order valence-corrected chi connectivity index (χ2v) is 5.33. The monoisotopic (exact) mass is 313 g/mol. The van der Waals surface area contributed by atoms with E-state index in [1.165, 1.54) is 0 Å². The molecule has 2 heterocycles. The zero-order valence-electron chi connectivity index (χ0n) is 12.7. The van der Waals surface area contributed by atoms with Gasteiger partial charge in [0.2, 0.25) is 0 Å². The molecule has 1 aromatic heterocycles. The van der Waals surface area contributed by atoms with Crippen LogP contribution in [0.4, 0.5) is 5.82 Å². The minimum Gasteiger partial charge on any atom is -0.508 e. The van der Waals surface area contributed by atoms with Gasteiger partial charge in [-0.3, -0.25) is 4.79 Å². The molecular weight excluding hydrogens is 294 g/mol. The van der Waals surface area contributed by atoms with Gasteiger partial charge in [-0.15, -0.1) is 0 Å². The number of benzene rings is 1. The number of aromatic nitrogens is 1. The summed E-state index contributed by atoms with van der Waals surface area (Å²) in [5.74, 6) is 0.694. The van der Waals surface area contributed by atoms with E-state index in [9.17, 15) is 9.90 Å². The molecule has 0 bridgehead atoms. The number of phenols is 1. The van der Waals surface area contributed by atoms with Gasteiger partial charge in [-0.05, 0) is 29.8 Å². The smallest absolute Gasteiger partial charge is 0.255 e. The molecule has 0 spiro atoms. The highest BCUT2D eigenvalue weighted by molar-refractivity contribution is 5.98. The molecule has 2 aromatic rings. The highest BCUT2D eigenvalue weighted by Gasteiger charge is 2.19. The summed E-state index contributed by atoms with van der Waals surface area (Å²) < 4.78 is 5.34. The van der Waals surface area contributed by atoms with Gasteiger partial charge in [-0.25, -0.2) is 4.98 Å². The molecule has 1 aliphatic heterocycles. The summed E-state index contributed by atoms with van der Waals surface area (Å²) in [6.07, 6.45) is 1.69. The van der Waals surface area contributed by atoms with E-state index in [4.69, 9.17) is 4.74 Å². The van der Waals surface area contributed by atoms with E-state index in [1.807, 2.05) is 6.07 Å². The van der Waals surface area contributed by atoms with Crippen LogP contribution in [0, 0.1) is 0 Å². The SMILES string of the molecule is O=C(NCc1cccc(O)c1)c1cccnc1N1CCOCC1. The Kier molecular flexibility index (Phi) is 4.73. The quantitative estimate of drug-likeness (QED) is 0.896. The molecule has 0 atom stereocenters. The lowest BCUT2D eigenvalue weighted by molar-refractivity contribution is 0.0949. The molecule has 1 amide bonds. The molecular formula is C17H19N3O3. The molecule has 0 radical (unpaired) electrons. The Morgan fingerprint density at radius 3 is 2.87 bits per heavy atom. The number of hydrogen-bond acceptors (Lipinski definition) is 5. The average Bonchev–Trinajstić information content (AvgIpc) is 2.60. The summed E-state index contributed by atoms with van der Waals surface area (Å²) in [5.41, 5.74) is 1.39. The van der Waals surface area contributed by atoms with Crippen LogP contribution in [0.15, 0.2) is 42.6 Å². The molecule has 1 saturated heterocycles. The Labute approximate surface area is 134 Å². The van der Waals surface area contributed by atoms with Gasteiger partial charge >= 0.3 is 0 Å². The molecule has 0 saturated carbocycles. The van der Waals surface area contributed by atoms with Crippen LogP contribution in [0.25, 0.3) is 0 Å². The maximum absolute atomic E-state index is 12.5. The number of phenolic OH excluding ortho intramolecular Hbond substituents is 1. The van der Waals surface area contributed by atoms with Gasteiger partial charge in [0.25, 0.3) is 5.91 Å². The molecule has 1 aromatic carbocycles. The maximum Gasteiger partial charge on any atom is 0.255 e. The predicted octanol–water partition coefficient (Wildman–Crippen LogP) is 1.55. The maximum atomic E-state index is 12.5. The van der Waals surface area contributed by atoms with E-state index in [0.717, 1.165) is 18.7 Å². The lowest BCUT2D eigenvalue weighted by Gasteiger charge is -2.29. The normalized spacial score (nSPS) is 14.5. The Bertz CT molecular complexity index is 684. The second kappa shape index (κ2) is 7.11. The fraction of sp³-hybridized carbons (Fsp3) is 0.294. The highest BCUT2D eigenvalue weighted by atomic mass is 16.5. The van der Waals surface area contributed by atoms with E-state index >= 15 is 0 Å². The number of carbonyl (C=O) groups excluding carboxylic acids is 1. The molecule has 120 valence electrons. The van der Waals surface area contributed by atoms with Crippen molar-refractivity contribution < 1.29 is 14.6 Å². The van der Waals surface area contributed by atoms with E-state index in [2.05, 4.69) is 15.2 Å². The standard InChI is InChI=1S/C17H19N3O3/c21-14-4-1-3-13(11-14)12-19-17(22)15-5-2-6-18-16(15)20-7-9-23-10-8-20/h1-6,11,21H,7-10,12H2,(H,19,22). The third kappa shape index (κ3) is 3.78. The number of anilines is 1. The largest absolute Gasteiger partial charge is 0.508 e. The van der Waals surface area contributed by atoms with Crippen LogP contribution in [-0.2, 0) is 11.3 Å². The number of rotatable bonds is 4. The van der Waals surface area contributed by atoms with E-state index in [1.54, 1.807) is 36.5 Å². The van der Waals surface area contributed by atoms with E-state index < -0.39 is 0 Å². The summed E-state index contributed by atoms with van der Waals surface area (Å²) >= 11 is 0. The van der Waals surface area contributed by atoms with Gasteiger partial charge in [-0.2, -0.15) is 0 Å². The summed E-state index contributed by atoms with van der Waals surface area (Å²) in [7, 11) is 0. The highest BCUT2D eigenvalue weighted by Crippen LogP contribution is 2.18. The van der Waals surface area contributed by atoms with Crippen molar-refractivity contribution >= 4 is 11.7 Å². The first kappa shape index (κ1) is 15.3. The van der Waals surface area contributed by atoms with Crippen LogP contribution in [0.5, 0.6) is 5.75 Å². The van der Waals surface area contributed by atoms with Crippen molar-refractivity contribution in [1.82, 2.24) is 10.3 Å². The number of nitrogens with one attached hydrogen (secondary N) is 1. The molecule has 0 aliphatic carbocycles. The molecule has 1 aliphatic rings. The number of morpholine rings is 1. The average molecular weight is 313 g/mol. The summed E-state index contributed by atoms with van der Waals surface area (Å²) in [5, 5.41) is 12.3. The third-order valence-electron chi connectivity index (χ3n) is 3.71. The first-order valence-electron chi connectivity index (χ1n) is 7.58. The van der Waals surface area contributed by atoms with Crippen LogP contribution >= 0.6 is 0 Å². The Morgan fingerprint density at radius 2 is 2.09 bits per heavy atom. The van der Waals surface area contributed by atoms with E-state index in [0.29, 0.717) is 31.1 Å². The molecule has 6 heteroatoms. The number of nitrogens with zero attached hydrogens (tertiary/aromatic N) is 2.